The van der Waals surface area contributed by atoms with Crippen molar-refractivity contribution in [3.05, 3.63) is 85.1 Å². The Morgan fingerprint density at radius 3 is 0.970 bits per heavy atom. The summed E-state index contributed by atoms with van der Waals surface area (Å²) in [5.41, 5.74) is 0. The van der Waals surface area contributed by atoms with Crippen molar-refractivity contribution in [2.45, 2.75) is 264 Å². The maximum absolute atomic E-state index is 12.8. The highest BCUT2D eigenvalue weighted by Gasteiger charge is 2.19. The van der Waals surface area contributed by atoms with Crippen LogP contribution in [-0.2, 0) is 28.6 Å². The smallest absolute Gasteiger partial charge is 0.306 e. The summed E-state index contributed by atoms with van der Waals surface area (Å²) < 4.78 is 16.8. The number of unbranched alkanes of at least 4 members (excludes halogenated alkanes) is 24. The number of hydrogen-bond donors (Lipinski definition) is 0. The average Bonchev–Trinajstić information content (AvgIpc) is 3.31. The third-order valence-corrected chi connectivity index (χ3v) is 11.6. The van der Waals surface area contributed by atoms with Gasteiger partial charge in [-0.2, -0.15) is 0 Å². The van der Waals surface area contributed by atoms with Gasteiger partial charge in [0.05, 0.1) is 0 Å². The van der Waals surface area contributed by atoms with Crippen molar-refractivity contribution in [3.8, 4) is 0 Å². The van der Waals surface area contributed by atoms with Crippen LogP contribution in [0.2, 0.25) is 0 Å². The van der Waals surface area contributed by atoms with Gasteiger partial charge in [-0.1, -0.05) is 228 Å². The number of ether oxygens (including phenoxy) is 3. The van der Waals surface area contributed by atoms with E-state index in [-0.39, 0.29) is 31.1 Å². The summed E-state index contributed by atoms with van der Waals surface area (Å²) in [6.45, 7) is 6.47. The quantitative estimate of drug-likeness (QED) is 0.0262. The Bertz CT molecular complexity index is 1290. The second kappa shape index (κ2) is 54.2. The topological polar surface area (TPSA) is 78.9 Å². The average molecular weight is 919 g/mol. The molecule has 0 amide bonds. The Hall–Kier alpha value is -3.41. The third-order valence-electron chi connectivity index (χ3n) is 11.6. The first kappa shape index (κ1) is 62.6. The molecule has 0 aromatic carbocycles. The van der Waals surface area contributed by atoms with Crippen molar-refractivity contribution in [2.24, 2.45) is 0 Å². The Balaban J connectivity index is 4.42. The van der Waals surface area contributed by atoms with E-state index in [4.69, 9.17) is 14.2 Å². The van der Waals surface area contributed by atoms with E-state index in [1.54, 1.807) is 0 Å². The van der Waals surface area contributed by atoms with Gasteiger partial charge in [0.1, 0.15) is 13.2 Å². The molecule has 0 saturated heterocycles. The minimum absolute atomic E-state index is 0.0900. The van der Waals surface area contributed by atoms with Crippen LogP contribution in [0.4, 0.5) is 0 Å². The van der Waals surface area contributed by atoms with Crippen LogP contribution in [0.3, 0.4) is 0 Å². The predicted octanol–water partition coefficient (Wildman–Crippen LogP) is 18.4. The standard InChI is InChI=1S/C60H102O6/c1-4-7-10-13-16-19-22-25-27-29-30-32-34-36-39-41-44-47-50-53-59(62)65-56-57(66-60(63)54-51-48-45-42-37-24-21-18-15-12-9-6-3)55-64-58(61)52-49-46-43-40-38-35-33-31-28-26-23-20-17-14-11-8-5-2/h7,10,16-17,19-20,25-28,30,32,36,39,57H,4-6,8-9,11-15,18,21-24,29,31,33-35,37-38,40-56H2,1-3H3/b10-7-,19-16-,20-17-,27-25-,28-26-,32-30-,39-36-/t57-/m0/s1. The summed E-state index contributed by atoms with van der Waals surface area (Å²) in [6, 6.07) is 0. The maximum Gasteiger partial charge on any atom is 0.306 e. The first-order valence-corrected chi connectivity index (χ1v) is 27.6. The van der Waals surface area contributed by atoms with Gasteiger partial charge in [0.2, 0.25) is 0 Å². The molecular weight excluding hydrogens is 817 g/mol. The zero-order valence-corrected chi connectivity index (χ0v) is 43.2. The molecule has 6 nitrogen and oxygen atoms in total. The van der Waals surface area contributed by atoms with Gasteiger partial charge < -0.3 is 14.2 Å². The van der Waals surface area contributed by atoms with Crippen LogP contribution in [0.15, 0.2) is 85.1 Å². The van der Waals surface area contributed by atoms with E-state index in [9.17, 15) is 14.4 Å². The van der Waals surface area contributed by atoms with Crippen LogP contribution < -0.4 is 0 Å². The Morgan fingerprint density at radius 1 is 0.318 bits per heavy atom. The van der Waals surface area contributed by atoms with Crippen molar-refractivity contribution < 1.29 is 28.6 Å². The molecule has 0 N–H and O–H groups in total. The lowest BCUT2D eigenvalue weighted by molar-refractivity contribution is -0.167. The summed E-state index contributed by atoms with van der Waals surface area (Å²) in [5, 5.41) is 0. The lowest BCUT2D eigenvalue weighted by Gasteiger charge is -2.18. The molecule has 0 aromatic rings. The molecule has 0 aliphatic heterocycles. The van der Waals surface area contributed by atoms with E-state index >= 15 is 0 Å². The van der Waals surface area contributed by atoms with E-state index in [1.165, 1.54) is 109 Å². The zero-order chi connectivity index (χ0) is 47.9. The molecule has 0 saturated carbocycles. The van der Waals surface area contributed by atoms with Crippen molar-refractivity contribution >= 4 is 17.9 Å². The van der Waals surface area contributed by atoms with Crippen LogP contribution >= 0.6 is 0 Å². The first-order chi connectivity index (χ1) is 32.5. The highest BCUT2D eigenvalue weighted by atomic mass is 16.6. The van der Waals surface area contributed by atoms with Gasteiger partial charge in [-0.05, 0) is 96.3 Å². The van der Waals surface area contributed by atoms with E-state index in [0.717, 1.165) is 109 Å². The molecule has 6 heteroatoms. The number of allylic oxidation sites excluding steroid dienone is 14. The summed E-state index contributed by atoms with van der Waals surface area (Å²) in [7, 11) is 0. The van der Waals surface area contributed by atoms with Crippen LogP contribution in [-0.4, -0.2) is 37.2 Å². The Labute approximate surface area is 407 Å². The molecule has 0 bridgehead atoms. The molecule has 0 aromatic heterocycles. The van der Waals surface area contributed by atoms with Gasteiger partial charge in [-0.3, -0.25) is 14.4 Å². The fraction of sp³-hybridized carbons (Fsp3) is 0.717. The Kier molecular flexibility index (Phi) is 51.4. The summed E-state index contributed by atoms with van der Waals surface area (Å²) in [6.07, 6.45) is 69.9. The summed E-state index contributed by atoms with van der Waals surface area (Å²) in [4.78, 5) is 38.1. The number of rotatable bonds is 49. The number of esters is 3. The number of carbonyl (C=O) groups excluding carboxylic acids is 3. The minimum Gasteiger partial charge on any atom is -0.462 e. The van der Waals surface area contributed by atoms with Gasteiger partial charge in [0.15, 0.2) is 6.10 Å². The summed E-state index contributed by atoms with van der Waals surface area (Å²) >= 11 is 0. The highest BCUT2D eigenvalue weighted by Crippen LogP contribution is 2.15. The lowest BCUT2D eigenvalue weighted by atomic mass is 10.0. The first-order valence-electron chi connectivity index (χ1n) is 27.6. The fourth-order valence-electron chi connectivity index (χ4n) is 7.50. The molecule has 0 spiro atoms. The van der Waals surface area contributed by atoms with Crippen LogP contribution in [0.1, 0.15) is 258 Å². The fourth-order valence-corrected chi connectivity index (χ4v) is 7.50. The van der Waals surface area contributed by atoms with E-state index < -0.39 is 6.10 Å². The normalized spacial score (nSPS) is 12.7. The van der Waals surface area contributed by atoms with Crippen molar-refractivity contribution in [1.29, 1.82) is 0 Å². The van der Waals surface area contributed by atoms with Gasteiger partial charge >= 0.3 is 17.9 Å². The Morgan fingerprint density at radius 2 is 0.591 bits per heavy atom. The molecule has 378 valence electrons. The SMILES string of the molecule is CC/C=C\C/C=C\C/C=C\C/C=C\C/C=C\CCCCCC(=O)OC[C@H](COC(=O)CCCCCCCCC/C=C\C/C=C\CCCCC)OC(=O)CCCCCCCCCCCCCC. The molecule has 0 unspecified atom stereocenters. The van der Waals surface area contributed by atoms with Gasteiger partial charge in [-0.25, -0.2) is 0 Å². The largest absolute Gasteiger partial charge is 0.462 e. The molecule has 0 fully saturated rings. The van der Waals surface area contributed by atoms with Gasteiger partial charge in [0, 0.05) is 19.3 Å². The van der Waals surface area contributed by atoms with Gasteiger partial charge in [0.25, 0.3) is 0 Å². The van der Waals surface area contributed by atoms with Gasteiger partial charge in [-0.15, -0.1) is 0 Å². The monoisotopic (exact) mass is 919 g/mol. The maximum atomic E-state index is 12.8. The van der Waals surface area contributed by atoms with Crippen LogP contribution in [0.5, 0.6) is 0 Å². The zero-order valence-electron chi connectivity index (χ0n) is 43.2. The highest BCUT2D eigenvalue weighted by molar-refractivity contribution is 5.71. The third kappa shape index (κ3) is 51.6. The molecule has 0 aliphatic carbocycles. The van der Waals surface area contributed by atoms with Crippen LogP contribution in [0, 0.1) is 0 Å². The number of hydrogen-bond acceptors (Lipinski definition) is 6. The molecule has 0 aliphatic rings. The molecule has 1 atom stereocenters. The molecule has 0 radical (unpaired) electrons. The van der Waals surface area contributed by atoms with E-state index in [2.05, 4.69) is 106 Å². The summed E-state index contributed by atoms with van der Waals surface area (Å²) in [5.74, 6) is -0.926. The molecule has 66 heavy (non-hydrogen) atoms. The van der Waals surface area contributed by atoms with Crippen LogP contribution in [0.25, 0.3) is 0 Å². The van der Waals surface area contributed by atoms with Crippen molar-refractivity contribution in [3.63, 3.8) is 0 Å². The second-order valence-corrected chi connectivity index (χ2v) is 18.1. The lowest BCUT2D eigenvalue weighted by Crippen LogP contribution is -2.30. The minimum atomic E-state index is -0.792. The van der Waals surface area contributed by atoms with E-state index in [1.807, 2.05) is 0 Å². The molecule has 0 rings (SSSR count). The molecular formula is C60H102O6. The van der Waals surface area contributed by atoms with E-state index in [0.29, 0.717) is 19.3 Å². The number of carbonyl (C=O) groups is 3. The second-order valence-electron chi connectivity index (χ2n) is 18.1. The van der Waals surface area contributed by atoms with Crippen molar-refractivity contribution in [2.75, 3.05) is 13.2 Å². The molecule has 0 heterocycles. The predicted molar refractivity (Wildman–Crippen MR) is 284 cm³/mol. The van der Waals surface area contributed by atoms with Crippen molar-refractivity contribution in [1.82, 2.24) is 0 Å².